The summed E-state index contributed by atoms with van der Waals surface area (Å²) >= 11 is 0. The molecule has 0 spiro atoms. The molecule has 1 heterocycles. The largest absolute Gasteiger partial charge is 0.312 e. The second-order valence-electron chi connectivity index (χ2n) is 6.52. The average Bonchev–Trinajstić information content (AvgIpc) is 2.97. The van der Waals surface area contributed by atoms with Gasteiger partial charge in [-0.1, -0.05) is 30.3 Å². The van der Waals surface area contributed by atoms with Crippen LogP contribution in [-0.2, 0) is 6.54 Å². The summed E-state index contributed by atoms with van der Waals surface area (Å²) in [4.78, 5) is 25.3. The third-order valence-electron chi connectivity index (χ3n) is 4.69. The van der Waals surface area contributed by atoms with Gasteiger partial charge in [-0.05, 0) is 50.6 Å². The van der Waals surface area contributed by atoms with Gasteiger partial charge in [-0.3, -0.25) is 19.6 Å². The lowest BCUT2D eigenvalue weighted by molar-refractivity contribution is -0.386. The molecule has 0 bridgehead atoms. The van der Waals surface area contributed by atoms with Crippen molar-refractivity contribution >= 4 is 17.3 Å². The van der Waals surface area contributed by atoms with Crippen LogP contribution in [0.1, 0.15) is 34.2 Å². The monoisotopic (exact) mass is 378 g/mol. The van der Waals surface area contributed by atoms with Gasteiger partial charge in [-0.25, -0.2) is 0 Å². The van der Waals surface area contributed by atoms with E-state index in [-0.39, 0.29) is 11.6 Å². The zero-order valence-corrected chi connectivity index (χ0v) is 16.1. The fourth-order valence-corrected chi connectivity index (χ4v) is 3.24. The van der Waals surface area contributed by atoms with Crippen molar-refractivity contribution in [2.45, 2.75) is 27.3 Å². The van der Waals surface area contributed by atoms with E-state index in [4.69, 9.17) is 0 Å². The molecule has 2 aromatic carbocycles. The van der Waals surface area contributed by atoms with Gasteiger partial charge in [0.05, 0.1) is 11.5 Å². The highest BCUT2D eigenvalue weighted by Crippen LogP contribution is 2.23. The maximum Gasteiger partial charge on any atom is 0.312 e. The zero-order chi connectivity index (χ0) is 20.3. The number of nitrogens with zero attached hydrogens (tertiary/aromatic N) is 4. The fraction of sp³-hybridized carbons (Fsp3) is 0.238. The number of para-hydroxylation sites is 1. The molecule has 144 valence electrons. The van der Waals surface area contributed by atoms with Crippen LogP contribution >= 0.6 is 0 Å². The number of amides is 1. The molecule has 3 rings (SSSR count). The summed E-state index contributed by atoms with van der Waals surface area (Å²) in [6.07, 6.45) is 0. The molecule has 0 saturated carbocycles. The molecule has 0 aliphatic heterocycles. The Morgan fingerprint density at radius 2 is 1.75 bits per heavy atom. The molecule has 0 saturated heterocycles. The van der Waals surface area contributed by atoms with Crippen LogP contribution in [0.2, 0.25) is 0 Å². The predicted octanol–water partition coefficient (Wildman–Crippen LogP) is 4.12. The van der Waals surface area contributed by atoms with Gasteiger partial charge in [0.15, 0.2) is 0 Å². The van der Waals surface area contributed by atoms with E-state index in [2.05, 4.69) is 5.10 Å². The molecule has 7 heteroatoms. The van der Waals surface area contributed by atoms with Gasteiger partial charge in [0.25, 0.3) is 5.91 Å². The molecule has 0 atom stereocenters. The standard InChI is InChI=1S/C21H22N4O3/c1-4-23(19-8-6-5-7-9-19)21(26)18-12-10-17(11-13-18)14-24-16(3)20(25(27)28)15(2)22-24/h5-13H,4,14H2,1-3H3. The highest BCUT2D eigenvalue weighted by atomic mass is 16.6. The number of nitro groups is 1. The molecule has 0 unspecified atom stereocenters. The maximum absolute atomic E-state index is 12.9. The van der Waals surface area contributed by atoms with Crippen molar-refractivity contribution in [3.63, 3.8) is 0 Å². The highest BCUT2D eigenvalue weighted by molar-refractivity contribution is 6.06. The third kappa shape index (κ3) is 3.78. The number of carbonyl (C=O) groups excluding carboxylic acids is 1. The maximum atomic E-state index is 12.9. The summed E-state index contributed by atoms with van der Waals surface area (Å²) in [5.74, 6) is -0.0676. The first kappa shape index (κ1) is 19.3. The van der Waals surface area contributed by atoms with E-state index in [9.17, 15) is 14.9 Å². The minimum Gasteiger partial charge on any atom is -0.309 e. The summed E-state index contributed by atoms with van der Waals surface area (Å²) < 4.78 is 1.62. The van der Waals surface area contributed by atoms with Crippen molar-refractivity contribution < 1.29 is 9.72 Å². The molecular weight excluding hydrogens is 356 g/mol. The lowest BCUT2D eigenvalue weighted by atomic mass is 10.1. The molecule has 1 amide bonds. The molecule has 0 aliphatic rings. The molecule has 0 fully saturated rings. The smallest absolute Gasteiger partial charge is 0.309 e. The van der Waals surface area contributed by atoms with Crippen molar-refractivity contribution in [2.24, 2.45) is 0 Å². The van der Waals surface area contributed by atoms with E-state index in [0.717, 1.165) is 11.3 Å². The Balaban J connectivity index is 1.79. The summed E-state index contributed by atoms with van der Waals surface area (Å²) in [5, 5.41) is 15.4. The number of rotatable bonds is 6. The molecule has 28 heavy (non-hydrogen) atoms. The molecule has 1 aromatic heterocycles. The van der Waals surface area contributed by atoms with Crippen LogP contribution < -0.4 is 4.90 Å². The average molecular weight is 378 g/mol. The van der Waals surface area contributed by atoms with Crippen molar-refractivity contribution in [3.8, 4) is 0 Å². The predicted molar refractivity (Wildman–Crippen MR) is 108 cm³/mol. The minimum absolute atomic E-state index is 0.0493. The molecule has 0 N–H and O–H groups in total. The third-order valence-corrected chi connectivity index (χ3v) is 4.69. The van der Waals surface area contributed by atoms with Crippen LogP contribution in [0.3, 0.4) is 0 Å². The topological polar surface area (TPSA) is 81.3 Å². The van der Waals surface area contributed by atoms with E-state index in [1.54, 1.807) is 35.6 Å². The van der Waals surface area contributed by atoms with E-state index in [0.29, 0.717) is 30.0 Å². The molecule has 3 aromatic rings. The number of aromatic nitrogens is 2. The molecule has 7 nitrogen and oxygen atoms in total. The van der Waals surface area contributed by atoms with Crippen molar-refractivity contribution in [1.29, 1.82) is 0 Å². The highest BCUT2D eigenvalue weighted by Gasteiger charge is 2.22. The summed E-state index contributed by atoms with van der Waals surface area (Å²) in [6, 6.07) is 16.8. The Kier molecular flexibility index (Phi) is 5.54. The van der Waals surface area contributed by atoms with E-state index in [1.807, 2.05) is 49.4 Å². The Labute approximate surface area is 163 Å². The van der Waals surface area contributed by atoms with Crippen LogP contribution in [0, 0.1) is 24.0 Å². The van der Waals surface area contributed by atoms with Gasteiger partial charge in [0, 0.05) is 17.8 Å². The second kappa shape index (κ2) is 8.04. The van der Waals surface area contributed by atoms with Crippen molar-refractivity contribution in [1.82, 2.24) is 9.78 Å². The van der Waals surface area contributed by atoms with Crippen molar-refractivity contribution in [3.05, 3.63) is 87.2 Å². The van der Waals surface area contributed by atoms with Gasteiger partial charge in [0.1, 0.15) is 11.4 Å². The first-order valence-corrected chi connectivity index (χ1v) is 9.06. The van der Waals surface area contributed by atoms with Crippen LogP contribution in [0.5, 0.6) is 0 Å². The zero-order valence-electron chi connectivity index (χ0n) is 16.1. The van der Waals surface area contributed by atoms with Gasteiger partial charge in [-0.15, -0.1) is 0 Å². The van der Waals surface area contributed by atoms with E-state index >= 15 is 0 Å². The Bertz CT molecular complexity index is 994. The second-order valence-corrected chi connectivity index (χ2v) is 6.52. The van der Waals surface area contributed by atoms with Crippen LogP contribution in [0.15, 0.2) is 54.6 Å². The van der Waals surface area contributed by atoms with Crippen LogP contribution in [-0.4, -0.2) is 27.2 Å². The Hall–Kier alpha value is -3.48. The van der Waals surface area contributed by atoms with Gasteiger partial charge in [0.2, 0.25) is 0 Å². The van der Waals surface area contributed by atoms with Gasteiger partial charge in [-0.2, -0.15) is 5.10 Å². The number of hydrogen-bond donors (Lipinski definition) is 0. The molecular formula is C21H22N4O3. The van der Waals surface area contributed by atoms with Crippen LogP contribution in [0.25, 0.3) is 0 Å². The van der Waals surface area contributed by atoms with Crippen LogP contribution in [0.4, 0.5) is 11.4 Å². The summed E-state index contributed by atoms with van der Waals surface area (Å²) in [7, 11) is 0. The van der Waals surface area contributed by atoms with E-state index in [1.165, 1.54) is 0 Å². The van der Waals surface area contributed by atoms with Crippen molar-refractivity contribution in [2.75, 3.05) is 11.4 Å². The quantitative estimate of drug-likeness (QED) is 0.477. The SMILES string of the molecule is CCN(C(=O)c1ccc(Cn2nc(C)c([N+](=O)[O-])c2C)cc1)c1ccccc1. The number of anilines is 1. The minimum atomic E-state index is -0.404. The normalized spacial score (nSPS) is 10.7. The first-order valence-electron chi connectivity index (χ1n) is 9.06. The lowest BCUT2D eigenvalue weighted by Gasteiger charge is -2.21. The molecule has 0 aliphatic carbocycles. The van der Waals surface area contributed by atoms with Gasteiger partial charge >= 0.3 is 5.69 Å². The first-order chi connectivity index (χ1) is 13.4. The Morgan fingerprint density at radius 1 is 1.11 bits per heavy atom. The van der Waals surface area contributed by atoms with Gasteiger partial charge < -0.3 is 4.90 Å². The number of hydrogen-bond acceptors (Lipinski definition) is 4. The number of aryl methyl sites for hydroxylation is 1. The number of benzene rings is 2. The lowest BCUT2D eigenvalue weighted by Crippen LogP contribution is -2.30. The number of carbonyl (C=O) groups is 1. The molecule has 0 radical (unpaired) electrons. The summed E-state index contributed by atoms with van der Waals surface area (Å²) in [5.41, 5.74) is 3.33. The Morgan fingerprint density at radius 3 is 2.29 bits per heavy atom. The summed E-state index contributed by atoms with van der Waals surface area (Å²) in [6.45, 7) is 6.24. The fourth-order valence-electron chi connectivity index (χ4n) is 3.24. The van der Waals surface area contributed by atoms with E-state index < -0.39 is 4.92 Å².